The molecular formula is C22H26N4O2. The molecule has 0 radical (unpaired) electrons. The molecule has 6 nitrogen and oxygen atoms in total. The van der Waals surface area contributed by atoms with Crippen LogP contribution in [0.2, 0.25) is 0 Å². The van der Waals surface area contributed by atoms with Gasteiger partial charge in [-0.3, -0.25) is 0 Å². The third-order valence-electron chi connectivity index (χ3n) is 4.93. The molecule has 2 aromatic carbocycles. The number of aromatic nitrogens is 3. The molecule has 1 atom stereocenters. The number of hydrogen-bond donors (Lipinski definition) is 1. The molecule has 0 bridgehead atoms. The molecule has 1 aliphatic heterocycles. The molecule has 28 heavy (non-hydrogen) atoms. The molecule has 2 heterocycles. The summed E-state index contributed by atoms with van der Waals surface area (Å²) in [6.07, 6.45) is 2.53. The van der Waals surface area contributed by atoms with E-state index in [-0.39, 0.29) is 6.10 Å². The summed E-state index contributed by atoms with van der Waals surface area (Å²) >= 11 is 0. The molecule has 0 saturated carbocycles. The van der Waals surface area contributed by atoms with E-state index in [0.29, 0.717) is 6.42 Å². The predicted molar refractivity (Wildman–Crippen MR) is 108 cm³/mol. The summed E-state index contributed by atoms with van der Waals surface area (Å²) in [6, 6.07) is 18.4. The third-order valence-corrected chi connectivity index (χ3v) is 4.93. The van der Waals surface area contributed by atoms with Gasteiger partial charge in [0.15, 0.2) is 5.82 Å². The van der Waals surface area contributed by atoms with Gasteiger partial charge in [-0.1, -0.05) is 42.5 Å². The highest BCUT2D eigenvalue weighted by Crippen LogP contribution is 2.23. The molecule has 0 spiro atoms. The average molecular weight is 378 g/mol. The van der Waals surface area contributed by atoms with Crippen molar-refractivity contribution in [2.45, 2.75) is 25.4 Å². The molecule has 4 rings (SSSR count). The van der Waals surface area contributed by atoms with Crippen LogP contribution in [0.5, 0.6) is 5.75 Å². The lowest BCUT2D eigenvalue weighted by Gasteiger charge is -2.23. The average Bonchev–Trinajstić information content (AvgIpc) is 3.16. The largest absolute Gasteiger partial charge is 0.494 e. The van der Waals surface area contributed by atoms with Gasteiger partial charge in [-0.25, -0.2) is 9.67 Å². The number of methoxy groups -OCH3 is 1. The Kier molecular flexibility index (Phi) is 5.99. The first-order valence-electron chi connectivity index (χ1n) is 9.78. The van der Waals surface area contributed by atoms with Crippen LogP contribution in [-0.2, 0) is 24.0 Å². The first kappa shape index (κ1) is 18.7. The highest BCUT2D eigenvalue weighted by atomic mass is 16.5. The van der Waals surface area contributed by atoms with Gasteiger partial charge in [0.2, 0.25) is 0 Å². The molecule has 1 saturated heterocycles. The van der Waals surface area contributed by atoms with Crippen LogP contribution in [0.1, 0.15) is 17.2 Å². The first-order chi connectivity index (χ1) is 13.8. The van der Waals surface area contributed by atoms with E-state index in [0.717, 1.165) is 55.6 Å². The van der Waals surface area contributed by atoms with Crippen LogP contribution in [-0.4, -0.2) is 47.7 Å². The Morgan fingerprint density at radius 3 is 2.71 bits per heavy atom. The molecule has 1 fully saturated rings. The van der Waals surface area contributed by atoms with Crippen molar-refractivity contribution < 1.29 is 9.47 Å². The molecule has 3 aromatic rings. The van der Waals surface area contributed by atoms with Gasteiger partial charge >= 0.3 is 0 Å². The van der Waals surface area contributed by atoms with Gasteiger partial charge in [0.25, 0.3) is 0 Å². The number of ether oxygens (including phenoxy) is 2. The number of nitrogens with one attached hydrogen (secondary N) is 1. The van der Waals surface area contributed by atoms with Gasteiger partial charge in [-0.2, -0.15) is 5.10 Å². The van der Waals surface area contributed by atoms with Gasteiger partial charge < -0.3 is 14.8 Å². The summed E-state index contributed by atoms with van der Waals surface area (Å²) in [7, 11) is 1.68. The molecule has 0 aliphatic carbocycles. The van der Waals surface area contributed by atoms with Crippen molar-refractivity contribution in [2.75, 3.05) is 26.8 Å². The second-order valence-electron chi connectivity index (χ2n) is 6.91. The van der Waals surface area contributed by atoms with Crippen LogP contribution in [0.3, 0.4) is 0 Å². The molecule has 6 heteroatoms. The lowest BCUT2D eigenvalue weighted by Crippen LogP contribution is -2.40. The summed E-state index contributed by atoms with van der Waals surface area (Å²) in [4.78, 5) is 4.86. The van der Waals surface area contributed by atoms with Crippen LogP contribution < -0.4 is 10.1 Å². The Morgan fingerprint density at radius 2 is 1.93 bits per heavy atom. The number of nitrogens with zero attached hydrogens (tertiary/aromatic N) is 3. The van der Waals surface area contributed by atoms with E-state index in [1.54, 1.807) is 7.11 Å². The van der Waals surface area contributed by atoms with Crippen molar-refractivity contribution in [2.24, 2.45) is 0 Å². The number of hydrogen-bond acceptors (Lipinski definition) is 5. The Hall–Kier alpha value is -2.70. The van der Waals surface area contributed by atoms with Crippen LogP contribution in [0.25, 0.3) is 5.69 Å². The van der Waals surface area contributed by atoms with Gasteiger partial charge in [0, 0.05) is 25.9 Å². The molecule has 0 amide bonds. The van der Waals surface area contributed by atoms with Crippen LogP contribution >= 0.6 is 0 Å². The Labute approximate surface area is 165 Å². The van der Waals surface area contributed by atoms with E-state index in [2.05, 4.69) is 29.6 Å². The van der Waals surface area contributed by atoms with Gasteiger partial charge in [0.05, 0.1) is 19.8 Å². The topological polar surface area (TPSA) is 61.2 Å². The quantitative estimate of drug-likeness (QED) is 0.685. The fourth-order valence-corrected chi connectivity index (χ4v) is 3.48. The minimum Gasteiger partial charge on any atom is -0.494 e. The lowest BCUT2D eigenvalue weighted by molar-refractivity contribution is 0.0277. The fourth-order valence-electron chi connectivity index (χ4n) is 3.48. The van der Waals surface area contributed by atoms with Crippen molar-refractivity contribution in [3.05, 3.63) is 71.8 Å². The predicted octanol–water partition coefficient (Wildman–Crippen LogP) is 2.59. The molecule has 146 valence electrons. The standard InChI is InChI=1S/C22H26N4O2/c1-27-20-10-6-5-9-19(20)26-22(15-18-16-23-13-14-28-18)24-21(25-26)12-11-17-7-3-2-4-8-17/h2-10,18,23H,11-16H2,1H3. The van der Waals surface area contributed by atoms with E-state index in [1.165, 1.54) is 5.56 Å². The molecule has 1 unspecified atom stereocenters. The van der Waals surface area contributed by atoms with Crippen molar-refractivity contribution in [1.82, 2.24) is 20.1 Å². The Balaban J connectivity index is 1.61. The summed E-state index contributed by atoms with van der Waals surface area (Å²) in [5, 5.41) is 8.20. The van der Waals surface area contributed by atoms with Gasteiger partial charge in [-0.15, -0.1) is 0 Å². The van der Waals surface area contributed by atoms with Crippen LogP contribution in [0, 0.1) is 0 Å². The van der Waals surface area contributed by atoms with E-state index in [1.807, 2.05) is 35.0 Å². The minimum atomic E-state index is 0.105. The zero-order valence-electron chi connectivity index (χ0n) is 16.2. The van der Waals surface area contributed by atoms with E-state index < -0.39 is 0 Å². The fraction of sp³-hybridized carbons (Fsp3) is 0.364. The van der Waals surface area contributed by atoms with E-state index in [9.17, 15) is 0 Å². The summed E-state index contributed by atoms with van der Waals surface area (Å²) < 4.78 is 13.4. The van der Waals surface area contributed by atoms with E-state index >= 15 is 0 Å². The molecule has 1 N–H and O–H groups in total. The normalized spacial score (nSPS) is 16.8. The lowest BCUT2D eigenvalue weighted by atomic mass is 10.1. The van der Waals surface area contributed by atoms with Crippen molar-refractivity contribution in [3.63, 3.8) is 0 Å². The van der Waals surface area contributed by atoms with Gasteiger partial charge in [-0.05, 0) is 24.1 Å². The maximum atomic E-state index is 5.89. The number of para-hydroxylation sites is 2. The summed E-state index contributed by atoms with van der Waals surface area (Å²) in [5.41, 5.74) is 2.19. The van der Waals surface area contributed by atoms with E-state index in [4.69, 9.17) is 19.6 Å². The van der Waals surface area contributed by atoms with Crippen molar-refractivity contribution in [3.8, 4) is 11.4 Å². The Bertz CT molecular complexity index is 889. The Morgan fingerprint density at radius 1 is 1.11 bits per heavy atom. The van der Waals surface area contributed by atoms with Crippen molar-refractivity contribution >= 4 is 0 Å². The van der Waals surface area contributed by atoms with Crippen LogP contribution in [0.4, 0.5) is 0 Å². The summed E-state index contributed by atoms with van der Waals surface area (Å²) in [6.45, 7) is 2.46. The zero-order valence-corrected chi connectivity index (χ0v) is 16.2. The molecular weight excluding hydrogens is 352 g/mol. The van der Waals surface area contributed by atoms with Gasteiger partial charge in [0.1, 0.15) is 17.3 Å². The number of rotatable bonds is 7. The number of aryl methyl sites for hydroxylation is 2. The molecule has 1 aliphatic rings. The molecule has 1 aromatic heterocycles. The maximum absolute atomic E-state index is 5.89. The smallest absolute Gasteiger partial charge is 0.151 e. The maximum Gasteiger partial charge on any atom is 0.151 e. The van der Waals surface area contributed by atoms with Crippen molar-refractivity contribution in [1.29, 1.82) is 0 Å². The number of morpholine rings is 1. The third kappa shape index (κ3) is 4.40. The monoisotopic (exact) mass is 378 g/mol. The second-order valence-corrected chi connectivity index (χ2v) is 6.91. The minimum absolute atomic E-state index is 0.105. The number of benzene rings is 2. The highest BCUT2D eigenvalue weighted by molar-refractivity contribution is 5.46. The SMILES string of the molecule is COc1ccccc1-n1nc(CCc2ccccc2)nc1CC1CNCCO1. The second kappa shape index (κ2) is 8.99. The van der Waals surface area contributed by atoms with Crippen LogP contribution in [0.15, 0.2) is 54.6 Å². The zero-order chi connectivity index (χ0) is 19.2. The highest BCUT2D eigenvalue weighted by Gasteiger charge is 2.21. The first-order valence-corrected chi connectivity index (χ1v) is 9.78. The summed E-state index contributed by atoms with van der Waals surface area (Å²) in [5.74, 6) is 2.53.